The average molecular weight is 408 g/mol. The Bertz CT molecular complexity index is 1030. The lowest BCUT2D eigenvalue weighted by Crippen LogP contribution is -2.32. The van der Waals surface area contributed by atoms with E-state index in [0.29, 0.717) is 5.92 Å². The second-order valence-corrected chi connectivity index (χ2v) is 8.82. The third-order valence-corrected chi connectivity index (χ3v) is 6.62. The van der Waals surface area contributed by atoms with Crippen LogP contribution in [0.1, 0.15) is 42.7 Å². The van der Waals surface area contributed by atoms with Crippen molar-refractivity contribution in [3.8, 4) is 0 Å². The Morgan fingerprint density at radius 2 is 1.90 bits per heavy atom. The van der Waals surface area contributed by atoms with Gasteiger partial charge < -0.3 is 10.3 Å². The van der Waals surface area contributed by atoms with Gasteiger partial charge in [-0.2, -0.15) is 0 Å². The minimum absolute atomic E-state index is 0.177. The monoisotopic (exact) mass is 407 g/mol. The number of aromatic nitrogens is 1. The Morgan fingerprint density at radius 3 is 2.69 bits per heavy atom. The molecule has 0 bridgehead atoms. The number of amides is 1. The number of hydrogen-bond donors (Lipinski definition) is 2. The number of carbonyl (C=O) groups excluding carboxylic acids is 1. The van der Waals surface area contributed by atoms with E-state index in [1.54, 1.807) is 0 Å². The van der Waals surface area contributed by atoms with Crippen LogP contribution in [0.3, 0.4) is 0 Å². The van der Waals surface area contributed by atoms with Crippen molar-refractivity contribution >= 4 is 34.1 Å². The highest BCUT2D eigenvalue weighted by molar-refractivity contribution is 6.35. The Labute approximate surface area is 176 Å². The standard InChI is InChI=1S/C24H26ClN3O/c25-22-6-2-5-21-19(14-26-23(21)22)15-28-11-9-16(10-12-28)18-3-1-4-20(13-18)27-24(29)17-7-8-17/h1-6,13-14,16-17,26H,7-12,15H2,(H,27,29). The first kappa shape index (κ1) is 18.7. The number of benzene rings is 2. The summed E-state index contributed by atoms with van der Waals surface area (Å²) in [7, 11) is 0. The van der Waals surface area contributed by atoms with Crippen molar-refractivity contribution in [2.75, 3.05) is 18.4 Å². The fraction of sp³-hybridized carbons (Fsp3) is 0.375. The lowest BCUT2D eigenvalue weighted by molar-refractivity contribution is -0.117. The maximum atomic E-state index is 12.0. The average Bonchev–Trinajstić information content (AvgIpc) is 3.51. The van der Waals surface area contributed by atoms with Crippen LogP contribution in [0.25, 0.3) is 10.9 Å². The van der Waals surface area contributed by atoms with Crippen LogP contribution in [0.15, 0.2) is 48.7 Å². The predicted molar refractivity (Wildman–Crippen MR) is 118 cm³/mol. The maximum Gasteiger partial charge on any atom is 0.227 e. The smallest absolute Gasteiger partial charge is 0.227 e. The highest BCUT2D eigenvalue weighted by Gasteiger charge is 2.29. The Hall–Kier alpha value is -2.30. The summed E-state index contributed by atoms with van der Waals surface area (Å²) in [5.74, 6) is 0.971. The minimum Gasteiger partial charge on any atom is -0.360 e. The van der Waals surface area contributed by atoms with Gasteiger partial charge >= 0.3 is 0 Å². The quantitative estimate of drug-likeness (QED) is 0.582. The van der Waals surface area contributed by atoms with Gasteiger partial charge in [0, 0.05) is 29.7 Å². The second-order valence-electron chi connectivity index (χ2n) is 8.42. The number of rotatable bonds is 5. The zero-order valence-corrected chi connectivity index (χ0v) is 17.2. The molecule has 1 amide bonds. The number of anilines is 1. The molecule has 1 aromatic heterocycles. The van der Waals surface area contributed by atoms with Crippen LogP contribution in [0.4, 0.5) is 5.69 Å². The van der Waals surface area contributed by atoms with E-state index in [1.165, 1.54) is 16.5 Å². The number of nitrogens with zero attached hydrogens (tertiary/aromatic N) is 1. The summed E-state index contributed by atoms with van der Waals surface area (Å²) in [4.78, 5) is 17.9. The van der Waals surface area contributed by atoms with Gasteiger partial charge in [-0.15, -0.1) is 0 Å². The fourth-order valence-corrected chi connectivity index (χ4v) is 4.66. The van der Waals surface area contributed by atoms with Gasteiger partial charge in [0.15, 0.2) is 0 Å². The number of hydrogen-bond acceptors (Lipinski definition) is 2. The van der Waals surface area contributed by atoms with Crippen LogP contribution in [-0.2, 0) is 11.3 Å². The van der Waals surface area contributed by atoms with E-state index >= 15 is 0 Å². The third kappa shape index (κ3) is 4.05. The van der Waals surface area contributed by atoms with Gasteiger partial charge in [0.25, 0.3) is 0 Å². The fourth-order valence-electron chi connectivity index (χ4n) is 4.43. The molecule has 0 atom stereocenters. The molecule has 0 radical (unpaired) electrons. The van der Waals surface area contributed by atoms with Crippen molar-refractivity contribution < 1.29 is 4.79 Å². The summed E-state index contributed by atoms with van der Waals surface area (Å²) in [6, 6.07) is 14.5. The first-order chi connectivity index (χ1) is 14.2. The van der Waals surface area contributed by atoms with Gasteiger partial charge in [0.2, 0.25) is 5.91 Å². The summed E-state index contributed by atoms with van der Waals surface area (Å²) in [5, 5.41) is 5.08. The molecule has 2 aromatic carbocycles. The largest absolute Gasteiger partial charge is 0.360 e. The highest BCUT2D eigenvalue weighted by Crippen LogP contribution is 2.33. The van der Waals surface area contributed by atoms with Crippen LogP contribution in [0.5, 0.6) is 0 Å². The second kappa shape index (κ2) is 7.85. The molecule has 150 valence electrons. The van der Waals surface area contributed by atoms with E-state index < -0.39 is 0 Å². The molecule has 5 rings (SSSR count). The van der Waals surface area contributed by atoms with Gasteiger partial charge in [-0.05, 0) is 74.0 Å². The minimum atomic E-state index is 0.177. The zero-order chi connectivity index (χ0) is 19.8. The molecule has 2 N–H and O–H groups in total. The molecule has 1 saturated heterocycles. The third-order valence-electron chi connectivity index (χ3n) is 6.31. The topological polar surface area (TPSA) is 48.1 Å². The van der Waals surface area contributed by atoms with Gasteiger partial charge in [0.1, 0.15) is 0 Å². The molecule has 2 aliphatic rings. The summed E-state index contributed by atoms with van der Waals surface area (Å²) in [6.07, 6.45) is 6.44. The SMILES string of the molecule is O=C(Nc1cccc(C2CCN(Cc3c[nH]c4c(Cl)cccc34)CC2)c1)C1CC1. The molecule has 1 aliphatic carbocycles. The van der Waals surface area contributed by atoms with Gasteiger partial charge in [0.05, 0.1) is 10.5 Å². The zero-order valence-electron chi connectivity index (χ0n) is 16.5. The number of halogens is 1. The summed E-state index contributed by atoms with van der Waals surface area (Å²) in [5.41, 5.74) is 4.63. The summed E-state index contributed by atoms with van der Waals surface area (Å²) < 4.78 is 0. The molecule has 3 aromatic rings. The predicted octanol–water partition coefficient (Wildman–Crippen LogP) is 5.55. The van der Waals surface area contributed by atoms with Crippen LogP contribution >= 0.6 is 11.6 Å². The van der Waals surface area contributed by atoms with Crippen LogP contribution in [0.2, 0.25) is 5.02 Å². The lowest BCUT2D eigenvalue weighted by atomic mass is 9.89. The molecule has 4 nitrogen and oxygen atoms in total. The number of likely N-dealkylation sites (tertiary alicyclic amines) is 1. The van der Waals surface area contributed by atoms with Crippen LogP contribution in [-0.4, -0.2) is 28.9 Å². The number of H-pyrrole nitrogens is 1. The molecule has 2 heterocycles. The molecular weight excluding hydrogens is 382 g/mol. The van der Waals surface area contributed by atoms with E-state index in [1.807, 2.05) is 18.2 Å². The molecule has 0 unspecified atom stereocenters. The maximum absolute atomic E-state index is 12.0. The van der Waals surface area contributed by atoms with Crippen LogP contribution in [0, 0.1) is 5.92 Å². The Morgan fingerprint density at radius 1 is 1.10 bits per heavy atom. The molecule has 1 saturated carbocycles. The Kier molecular flexibility index (Phi) is 5.06. The molecule has 2 fully saturated rings. The number of nitrogens with one attached hydrogen (secondary N) is 2. The summed E-state index contributed by atoms with van der Waals surface area (Å²) in [6.45, 7) is 3.11. The number of para-hydroxylation sites is 1. The van der Waals surface area contributed by atoms with Crippen molar-refractivity contribution in [3.63, 3.8) is 0 Å². The molecule has 29 heavy (non-hydrogen) atoms. The van der Waals surface area contributed by atoms with E-state index in [4.69, 9.17) is 11.6 Å². The van der Waals surface area contributed by atoms with Crippen molar-refractivity contribution in [1.29, 1.82) is 0 Å². The van der Waals surface area contributed by atoms with E-state index in [0.717, 1.165) is 61.5 Å². The van der Waals surface area contributed by atoms with Crippen molar-refractivity contribution in [2.24, 2.45) is 5.92 Å². The number of fused-ring (bicyclic) bond motifs is 1. The first-order valence-corrected chi connectivity index (χ1v) is 10.9. The van der Waals surface area contributed by atoms with Crippen LogP contribution < -0.4 is 5.32 Å². The number of aromatic amines is 1. The van der Waals surface area contributed by atoms with Crippen molar-refractivity contribution in [2.45, 2.75) is 38.1 Å². The van der Waals surface area contributed by atoms with E-state index in [9.17, 15) is 4.79 Å². The van der Waals surface area contributed by atoms with Gasteiger partial charge in [-0.25, -0.2) is 0 Å². The highest BCUT2D eigenvalue weighted by atomic mass is 35.5. The molecule has 0 spiro atoms. The number of piperidine rings is 1. The molecule has 1 aliphatic heterocycles. The van der Waals surface area contributed by atoms with E-state index in [-0.39, 0.29) is 11.8 Å². The van der Waals surface area contributed by atoms with E-state index in [2.05, 4.69) is 45.7 Å². The van der Waals surface area contributed by atoms with Crippen molar-refractivity contribution in [1.82, 2.24) is 9.88 Å². The Balaban J connectivity index is 1.21. The van der Waals surface area contributed by atoms with Crippen molar-refractivity contribution in [3.05, 3.63) is 64.8 Å². The molecule has 5 heteroatoms. The summed E-state index contributed by atoms with van der Waals surface area (Å²) >= 11 is 6.29. The number of carbonyl (C=O) groups is 1. The van der Waals surface area contributed by atoms with Gasteiger partial charge in [-0.3, -0.25) is 9.69 Å². The first-order valence-electron chi connectivity index (χ1n) is 10.5. The lowest BCUT2D eigenvalue weighted by Gasteiger charge is -2.32. The van der Waals surface area contributed by atoms with Gasteiger partial charge in [-0.1, -0.05) is 35.9 Å². The normalized spacial score (nSPS) is 18.2. The molecular formula is C24H26ClN3O.